The van der Waals surface area contributed by atoms with E-state index >= 15 is 0 Å². The number of nitrogens with zero attached hydrogens (tertiary/aromatic N) is 1. The summed E-state index contributed by atoms with van der Waals surface area (Å²) in [7, 11) is 2.18. The summed E-state index contributed by atoms with van der Waals surface area (Å²) < 4.78 is 0. The Kier molecular flexibility index (Phi) is 5.57. The molecule has 0 N–H and O–H groups in total. The standard InChI is InChI=1S/C42H29NS/c1-43(30-21-19-29(20-22-30)41-26-25-40(44-41)28-11-3-2-4-12-28)31-23-24-35-34-15-7-10-18-38(34)42(39(35)27-31)36-16-8-5-13-32(36)33-14-6-9-17-37(33)42/h2-27H,1H3. The Balaban J connectivity index is 1.13. The molecular formula is C42H29NS. The molecule has 2 aliphatic carbocycles. The van der Waals surface area contributed by atoms with Crippen molar-refractivity contribution < 1.29 is 0 Å². The average molecular weight is 580 g/mol. The molecule has 208 valence electrons. The molecule has 0 radical (unpaired) electrons. The van der Waals surface area contributed by atoms with E-state index in [0.29, 0.717) is 0 Å². The first-order valence-corrected chi connectivity index (χ1v) is 16.0. The highest BCUT2D eigenvalue weighted by Gasteiger charge is 2.51. The molecule has 44 heavy (non-hydrogen) atoms. The van der Waals surface area contributed by atoms with Crippen LogP contribution in [0.1, 0.15) is 22.3 Å². The maximum Gasteiger partial charge on any atom is 0.0726 e. The first-order chi connectivity index (χ1) is 21.7. The van der Waals surface area contributed by atoms with Gasteiger partial charge in [-0.1, -0.05) is 121 Å². The van der Waals surface area contributed by atoms with Crippen molar-refractivity contribution in [2.24, 2.45) is 0 Å². The Bertz CT molecular complexity index is 2130. The Morgan fingerprint density at radius 3 is 1.43 bits per heavy atom. The zero-order valence-corrected chi connectivity index (χ0v) is 25.2. The van der Waals surface area contributed by atoms with Crippen LogP contribution in [0.2, 0.25) is 0 Å². The monoisotopic (exact) mass is 579 g/mol. The van der Waals surface area contributed by atoms with Gasteiger partial charge in [-0.2, -0.15) is 0 Å². The topological polar surface area (TPSA) is 3.24 Å². The van der Waals surface area contributed by atoms with Crippen LogP contribution in [0.15, 0.2) is 158 Å². The van der Waals surface area contributed by atoms with Gasteiger partial charge in [0, 0.05) is 28.2 Å². The minimum Gasteiger partial charge on any atom is -0.345 e. The van der Waals surface area contributed by atoms with Crippen LogP contribution in [0.3, 0.4) is 0 Å². The van der Waals surface area contributed by atoms with Crippen LogP contribution in [-0.4, -0.2) is 7.05 Å². The van der Waals surface area contributed by atoms with Crippen LogP contribution in [0, 0.1) is 0 Å². The first kappa shape index (κ1) is 25.3. The van der Waals surface area contributed by atoms with Gasteiger partial charge in [0.25, 0.3) is 0 Å². The smallest absolute Gasteiger partial charge is 0.0726 e. The van der Waals surface area contributed by atoms with Crippen molar-refractivity contribution in [2.75, 3.05) is 11.9 Å². The average Bonchev–Trinajstić information content (AvgIpc) is 3.79. The molecule has 2 heteroatoms. The molecule has 2 aliphatic rings. The molecule has 0 bridgehead atoms. The van der Waals surface area contributed by atoms with Gasteiger partial charge < -0.3 is 4.90 Å². The van der Waals surface area contributed by atoms with E-state index < -0.39 is 0 Å². The fraction of sp³-hybridized carbons (Fsp3) is 0.0476. The summed E-state index contributed by atoms with van der Waals surface area (Å²) in [6, 6.07) is 58.1. The largest absolute Gasteiger partial charge is 0.345 e. The van der Waals surface area contributed by atoms with E-state index in [4.69, 9.17) is 0 Å². The lowest BCUT2D eigenvalue weighted by Gasteiger charge is -2.31. The summed E-state index contributed by atoms with van der Waals surface area (Å²) in [5.41, 5.74) is 15.4. The van der Waals surface area contributed by atoms with E-state index in [1.165, 1.54) is 76.8 Å². The van der Waals surface area contributed by atoms with Crippen molar-refractivity contribution in [3.8, 4) is 43.1 Å². The quantitative estimate of drug-likeness (QED) is 0.200. The van der Waals surface area contributed by atoms with E-state index in [9.17, 15) is 0 Å². The maximum atomic E-state index is 2.44. The fourth-order valence-electron chi connectivity index (χ4n) is 7.54. The number of fused-ring (bicyclic) bond motifs is 10. The molecule has 1 aromatic heterocycles. The Morgan fingerprint density at radius 2 is 0.864 bits per heavy atom. The van der Waals surface area contributed by atoms with Gasteiger partial charge in [0.15, 0.2) is 0 Å². The third-order valence-corrected chi connectivity index (χ3v) is 10.8. The molecule has 0 fully saturated rings. The normalized spacial score (nSPS) is 13.3. The third-order valence-electron chi connectivity index (χ3n) is 9.57. The predicted molar refractivity (Wildman–Crippen MR) is 186 cm³/mol. The SMILES string of the molecule is CN(c1ccc(-c2ccc(-c3ccccc3)s2)cc1)c1ccc2c(c1)C1(c3ccccc3-c3ccccc31)c1ccccc1-2. The van der Waals surface area contributed by atoms with Gasteiger partial charge in [-0.25, -0.2) is 0 Å². The summed E-state index contributed by atoms with van der Waals surface area (Å²) in [6.07, 6.45) is 0. The van der Waals surface area contributed by atoms with Crippen molar-refractivity contribution in [3.63, 3.8) is 0 Å². The number of hydrogen-bond acceptors (Lipinski definition) is 2. The van der Waals surface area contributed by atoms with Gasteiger partial charge in [0.2, 0.25) is 0 Å². The number of hydrogen-bond donors (Lipinski definition) is 0. The fourth-order valence-corrected chi connectivity index (χ4v) is 8.56. The van der Waals surface area contributed by atoms with Gasteiger partial charge in [-0.05, 0) is 92.0 Å². The second kappa shape index (κ2) is 9.67. The number of anilines is 2. The predicted octanol–water partition coefficient (Wildman–Crippen LogP) is 11.2. The van der Waals surface area contributed by atoms with Crippen molar-refractivity contribution in [1.29, 1.82) is 0 Å². The lowest BCUT2D eigenvalue weighted by atomic mass is 9.70. The number of benzene rings is 6. The Hall–Kier alpha value is -5.18. The molecule has 7 aromatic rings. The van der Waals surface area contributed by atoms with Crippen molar-refractivity contribution in [1.82, 2.24) is 0 Å². The molecule has 0 saturated heterocycles. The Labute approximate surface area is 262 Å². The van der Waals surface area contributed by atoms with Gasteiger partial charge in [-0.15, -0.1) is 11.3 Å². The van der Waals surface area contributed by atoms with Crippen molar-refractivity contribution >= 4 is 22.7 Å². The van der Waals surface area contributed by atoms with E-state index in [-0.39, 0.29) is 5.41 Å². The highest BCUT2D eigenvalue weighted by atomic mass is 32.1. The van der Waals surface area contributed by atoms with E-state index in [0.717, 1.165) is 0 Å². The minimum atomic E-state index is -0.324. The molecule has 0 unspecified atom stereocenters. The second-order valence-corrected chi connectivity index (χ2v) is 12.8. The van der Waals surface area contributed by atoms with Gasteiger partial charge in [-0.3, -0.25) is 0 Å². The lowest BCUT2D eigenvalue weighted by molar-refractivity contribution is 0.793. The lowest BCUT2D eigenvalue weighted by Crippen LogP contribution is -2.26. The zero-order valence-electron chi connectivity index (χ0n) is 24.4. The van der Waals surface area contributed by atoms with Gasteiger partial charge >= 0.3 is 0 Å². The Morgan fingerprint density at radius 1 is 0.409 bits per heavy atom. The molecule has 0 amide bonds. The summed E-state index contributed by atoms with van der Waals surface area (Å²) in [6.45, 7) is 0. The molecule has 0 saturated carbocycles. The summed E-state index contributed by atoms with van der Waals surface area (Å²) >= 11 is 1.84. The molecule has 1 heterocycles. The van der Waals surface area contributed by atoms with Crippen LogP contribution < -0.4 is 4.90 Å². The highest BCUT2D eigenvalue weighted by Crippen LogP contribution is 2.63. The maximum absolute atomic E-state index is 2.44. The van der Waals surface area contributed by atoms with Crippen LogP contribution in [-0.2, 0) is 5.41 Å². The molecule has 9 rings (SSSR count). The summed E-state index contributed by atoms with van der Waals surface area (Å²) in [5.74, 6) is 0. The zero-order chi connectivity index (χ0) is 29.3. The molecular weight excluding hydrogens is 551 g/mol. The summed E-state index contributed by atoms with van der Waals surface area (Å²) in [4.78, 5) is 4.90. The highest BCUT2D eigenvalue weighted by molar-refractivity contribution is 7.18. The molecule has 6 aromatic carbocycles. The number of rotatable bonds is 4. The molecule has 1 spiro atoms. The van der Waals surface area contributed by atoms with Crippen LogP contribution in [0.25, 0.3) is 43.1 Å². The number of thiophene rings is 1. The van der Waals surface area contributed by atoms with E-state index in [2.05, 4.69) is 170 Å². The molecule has 1 nitrogen and oxygen atoms in total. The van der Waals surface area contributed by atoms with Gasteiger partial charge in [0.1, 0.15) is 0 Å². The van der Waals surface area contributed by atoms with Crippen LogP contribution in [0.5, 0.6) is 0 Å². The molecule has 0 atom stereocenters. The van der Waals surface area contributed by atoms with Crippen LogP contribution in [0.4, 0.5) is 11.4 Å². The first-order valence-electron chi connectivity index (χ1n) is 15.2. The van der Waals surface area contributed by atoms with Crippen LogP contribution >= 0.6 is 11.3 Å². The minimum absolute atomic E-state index is 0.324. The van der Waals surface area contributed by atoms with E-state index in [1.807, 2.05) is 11.3 Å². The van der Waals surface area contributed by atoms with Gasteiger partial charge in [0.05, 0.1) is 5.41 Å². The van der Waals surface area contributed by atoms with Crippen molar-refractivity contribution in [3.05, 3.63) is 180 Å². The van der Waals surface area contributed by atoms with Crippen molar-refractivity contribution in [2.45, 2.75) is 5.41 Å². The summed E-state index contributed by atoms with van der Waals surface area (Å²) in [5, 5.41) is 0. The molecule has 0 aliphatic heterocycles. The second-order valence-electron chi connectivity index (χ2n) is 11.8. The third kappa shape index (κ3) is 3.52. The van der Waals surface area contributed by atoms with E-state index in [1.54, 1.807) is 0 Å².